The first-order valence-electron chi connectivity index (χ1n) is 5.61. The van der Waals surface area contributed by atoms with Crippen LogP contribution in [0.2, 0.25) is 0 Å². The summed E-state index contributed by atoms with van der Waals surface area (Å²) in [5.41, 5.74) is 4.49. The zero-order valence-corrected chi connectivity index (χ0v) is 10.7. The van der Waals surface area contributed by atoms with Crippen molar-refractivity contribution in [2.24, 2.45) is 16.3 Å². The Morgan fingerprint density at radius 2 is 2.39 bits per heavy atom. The van der Waals surface area contributed by atoms with E-state index in [0.717, 1.165) is 0 Å². The summed E-state index contributed by atoms with van der Waals surface area (Å²) in [6, 6.07) is 0. The number of aryl methyl sites for hydroxylation is 1. The molecule has 1 amide bonds. The van der Waals surface area contributed by atoms with Gasteiger partial charge in [-0.15, -0.1) is 0 Å². The largest absolute Gasteiger partial charge is 0.444 e. The van der Waals surface area contributed by atoms with Crippen molar-refractivity contribution in [3.8, 4) is 0 Å². The second kappa shape index (κ2) is 5.52. The summed E-state index contributed by atoms with van der Waals surface area (Å²) in [7, 11) is 0. The van der Waals surface area contributed by atoms with Gasteiger partial charge in [0.2, 0.25) is 11.8 Å². The second-order valence-electron chi connectivity index (χ2n) is 4.22. The molecule has 1 rings (SSSR count). The molecule has 18 heavy (non-hydrogen) atoms. The average Bonchev–Trinajstić information content (AvgIpc) is 2.79. The number of oxime groups is 1. The van der Waals surface area contributed by atoms with Gasteiger partial charge in [-0.1, -0.05) is 12.1 Å². The zero-order chi connectivity index (χ0) is 13.8. The highest BCUT2D eigenvalue weighted by Gasteiger charge is 2.36. The SMILES string of the molecule is CCC(C)(C(=O)NCc1ncc(C)o1)/C(N)=N/O. The lowest BCUT2D eigenvalue weighted by molar-refractivity contribution is -0.127. The fraction of sp³-hybridized carbons (Fsp3) is 0.545. The van der Waals surface area contributed by atoms with Gasteiger partial charge in [0.1, 0.15) is 11.2 Å². The van der Waals surface area contributed by atoms with Crippen molar-refractivity contribution in [1.29, 1.82) is 0 Å². The first-order chi connectivity index (χ1) is 8.43. The number of carbonyl (C=O) groups excluding carboxylic acids is 1. The normalized spacial score (nSPS) is 15.2. The number of carbonyl (C=O) groups is 1. The molecule has 1 unspecified atom stereocenters. The van der Waals surface area contributed by atoms with Crippen molar-refractivity contribution in [2.75, 3.05) is 0 Å². The number of nitrogens with one attached hydrogen (secondary N) is 1. The van der Waals surface area contributed by atoms with Crippen molar-refractivity contribution in [2.45, 2.75) is 33.7 Å². The number of amidine groups is 1. The van der Waals surface area contributed by atoms with E-state index in [9.17, 15) is 4.79 Å². The molecule has 1 heterocycles. The van der Waals surface area contributed by atoms with Crippen molar-refractivity contribution < 1.29 is 14.4 Å². The summed E-state index contributed by atoms with van der Waals surface area (Å²) in [5.74, 6) is 0.634. The van der Waals surface area contributed by atoms with Gasteiger partial charge in [-0.25, -0.2) is 4.98 Å². The summed E-state index contributed by atoms with van der Waals surface area (Å²) in [6.07, 6.45) is 1.99. The van der Waals surface area contributed by atoms with Crippen LogP contribution in [0.1, 0.15) is 31.9 Å². The third kappa shape index (κ3) is 2.79. The van der Waals surface area contributed by atoms with Gasteiger partial charge >= 0.3 is 0 Å². The summed E-state index contributed by atoms with van der Waals surface area (Å²) in [6.45, 7) is 5.33. The maximum absolute atomic E-state index is 12.0. The van der Waals surface area contributed by atoms with Crippen LogP contribution in [0, 0.1) is 12.3 Å². The first-order valence-corrected chi connectivity index (χ1v) is 5.61. The number of hydrogen-bond donors (Lipinski definition) is 3. The Kier molecular flexibility index (Phi) is 4.30. The minimum atomic E-state index is -1.05. The molecule has 7 heteroatoms. The van der Waals surface area contributed by atoms with Crippen LogP contribution in [0.3, 0.4) is 0 Å². The molecule has 0 aliphatic heterocycles. The average molecular weight is 254 g/mol. The Bertz CT molecular complexity index is 455. The Morgan fingerprint density at radius 1 is 1.72 bits per heavy atom. The van der Waals surface area contributed by atoms with Crippen molar-refractivity contribution in [3.63, 3.8) is 0 Å². The van der Waals surface area contributed by atoms with E-state index in [2.05, 4.69) is 15.5 Å². The maximum atomic E-state index is 12.0. The van der Waals surface area contributed by atoms with Crippen molar-refractivity contribution >= 4 is 11.7 Å². The Labute approximate surface area is 105 Å². The number of nitrogens with zero attached hydrogens (tertiary/aromatic N) is 2. The minimum absolute atomic E-state index is 0.119. The fourth-order valence-corrected chi connectivity index (χ4v) is 1.40. The highest BCUT2D eigenvalue weighted by Crippen LogP contribution is 2.21. The predicted octanol–water partition coefficient (Wildman–Crippen LogP) is 0.762. The molecule has 1 aromatic heterocycles. The van der Waals surface area contributed by atoms with E-state index in [0.29, 0.717) is 18.1 Å². The van der Waals surface area contributed by atoms with Crippen LogP contribution in [0.5, 0.6) is 0 Å². The van der Waals surface area contributed by atoms with E-state index in [1.54, 1.807) is 27.0 Å². The lowest BCUT2D eigenvalue weighted by Gasteiger charge is -2.24. The lowest BCUT2D eigenvalue weighted by Crippen LogP contribution is -2.47. The van der Waals surface area contributed by atoms with Gasteiger partial charge in [0.25, 0.3) is 0 Å². The highest BCUT2D eigenvalue weighted by molar-refractivity contribution is 6.06. The number of aromatic nitrogens is 1. The molecule has 100 valence electrons. The monoisotopic (exact) mass is 254 g/mol. The molecule has 4 N–H and O–H groups in total. The van der Waals surface area contributed by atoms with Crippen molar-refractivity contribution in [3.05, 3.63) is 17.8 Å². The predicted molar refractivity (Wildman–Crippen MR) is 64.9 cm³/mol. The molecule has 0 spiro atoms. The number of oxazole rings is 1. The minimum Gasteiger partial charge on any atom is -0.444 e. The van der Waals surface area contributed by atoms with E-state index >= 15 is 0 Å². The molecule has 0 aliphatic rings. The summed E-state index contributed by atoms with van der Waals surface area (Å²) in [5, 5.41) is 14.2. The number of rotatable bonds is 5. The molecular weight excluding hydrogens is 236 g/mol. The molecule has 1 aromatic rings. The third-order valence-corrected chi connectivity index (χ3v) is 2.95. The van der Waals surface area contributed by atoms with Gasteiger partial charge in [0.05, 0.1) is 12.7 Å². The molecule has 0 saturated heterocycles. The van der Waals surface area contributed by atoms with E-state index in [1.807, 2.05) is 0 Å². The molecule has 0 aromatic carbocycles. The molecule has 0 radical (unpaired) electrons. The molecule has 0 fully saturated rings. The molecular formula is C11H18N4O3. The van der Waals surface area contributed by atoms with Crippen LogP contribution < -0.4 is 11.1 Å². The van der Waals surface area contributed by atoms with Gasteiger partial charge in [-0.3, -0.25) is 4.79 Å². The Morgan fingerprint density at radius 3 is 2.83 bits per heavy atom. The van der Waals surface area contributed by atoms with Gasteiger partial charge in [-0.2, -0.15) is 0 Å². The van der Waals surface area contributed by atoms with E-state index in [4.69, 9.17) is 15.4 Å². The summed E-state index contributed by atoms with van der Waals surface area (Å²) < 4.78 is 5.23. The quantitative estimate of drug-likeness (QED) is 0.311. The van der Waals surface area contributed by atoms with Gasteiger partial charge < -0.3 is 20.7 Å². The number of amides is 1. The highest BCUT2D eigenvalue weighted by atomic mass is 16.4. The molecule has 0 saturated carbocycles. The van der Waals surface area contributed by atoms with Crippen LogP contribution in [-0.4, -0.2) is 21.9 Å². The van der Waals surface area contributed by atoms with Gasteiger partial charge in [0, 0.05) is 0 Å². The van der Waals surface area contributed by atoms with Gasteiger partial charge in [-0.05, 0) is 20.3 Å². The van der Waals surface area contributed by atoms with Crippen LogP contribution in [0.15, 0.2) is 15.8 Å². The van der Waals surface area contributed by atoms with E-state index < -0.39 is 5.41 Å². The summed E-state index contributed by atoms with van der Waals surface area (Å²) >= 11 is 0. The standard InChI is InChI=1S/C11H18N4O3/c1-4-11(3,9(12)15-17)10(16)14-6-8-13-5-7(2)18-8/h5,17H,4,6H2,1-3H3,(H2,12,15)(H,14,16). The van der Waals surface area contributed by atoms with Crippen molar-refractivity contribution in [1.82, 2.24) is 10.3 Å². The van der Waals surface area contributed by atoms with Gasteiger partial charge in [0.15, 0.2) is 5.84 Å². The third-order valence-electron chi connectivity index (χ3n) is 2.95. The lowest BCUT2D eigenvalue weighted by atomic mass is 9.85. The first kappa shape index (κ1) is 14.0. The zero-order valence-electron chi connectivity index (χ0n) is 10.7. The fourth-order valence-electron chi connectivity index (χ4n) is 1.40. The van der Waals surface area contributed by atoms with Crippen LogP contribution in [0.4, 0.5) is 0 Å². The van der Waals surface area contributed by atoms with Crippen LogP contribution in [0.25, 0.3) is 0 Å². The number of hydrogen-bond acceptors (Lipinski definition) is 5. The smallest absolute Gasteiger partial charge is 0.234 e. The van der Waals surface area contributed by atoms with Crippen LogP contribution >= 0.6 is 0 Å². The molecule has 0 bridgehead atoms. The molecule has 1 atom stereocenters. The maximum Gasteiger partial charge on any atom is 0.234 e. The topological polar surface area (TPSA) is 114 Å². The van der Waals surface area contributed by atoms with Crippen LogP contribution in [-0.2, 0) is 11.3 Å². The Balaban J connectivity index is 2.69. The van der Waals surface area contributed by atoms with E-state index in [-0.39, 0.29) is 18.3 Å². The summed E-state index contributed by atoms with van der Waals surface area (Å²) in [4.78, 5) is 16.0. The number of nitrogens with two attached hydrogens (primary N) is 1. The van der Waals surface area contributed by atoms with E-state index in [1.165, 1.54) is 0 Å². The molecule has 7 nitrogen and oxygen atoms in total. The Hall–Kier alpha value is -2.05. The second-order valence-corrected chi connectivity index (χ2v) is 4.22. The molecule has 0 aliphatic carbocycles.